The molecule has 1 aromatic carbocycles. The number of phenolic OH excluding ortho intramolecular Hbond substituents is 1. The lowest BCUT2D eigenvalue weighted by atomic mass is 10.1. The second-order valence-electron chi connectivity index (χ2n) is 4.90. The summed E-state index contributed by atoms with van der Waals surface area (Å²) in [5.74, 6) is -1.27. The number of aromatic hydroxyl groups is 1. The third-order valence-electron chi connectivity index (χ3n) is 3.05. The van der Waals surface area contributed by atoms with Gasteiger partial charge in [-0.1, -0.05) is 12.1 Å². The molecule has 0 fully saturated rings. The van der Waals surface area contributed by atoms with Crippen LogP contribution < -0.4 is 5.32 Å². The average molecular weight is 319 g/mol. The first-order valence-corrected chi connectivity index (χ1v) is 7.65. The van der Waals surface area contributed by atoms with Crippen LogP contribution in [-0.2, 0) is 9.53 Å². The van der Waals surface area contributed by atoms with Gasteiger partial charge in [-0.15, -0.1) is 11.3 Å². The van der Waals surface area contributed by atoms with Crippen LogP contribution in [-0.4, -0.2) is 23.6 Å². The molecule has 0 saturated heterocycles. The van der Waals surface area contributed by atoms with Gasteiger partial charge in [0.2, 0.25) is 0 Å². The Balaban J connectivity index is 1.86. The summed E-state index contributed by atoms with van der Waals surface area (Å²) < 4.78 is 4.92. The van der Waals surface area contributed by atoms with Gasteiger partial charge in [0.05, 0.1) is 6.04 Å². The normalized spacial score (nSPS) is 11.7. The van der Waals surface area contributed by atoms with Gasteiger partial charge in [0.15, 0.2) is 6.61 Å². The van der Waals surface area contributed by atoms with Gasteiger partial charge in [-0.2, -0.15) is 0 Å². The highest BCUT2D eigenvalue weighted by Gasteiger charge is 2.16. The van der Waals surface area contributed by atoms with Crippen molar-refractivity contribution in [2.45, 2.75) is 19.9 Å². The number of hydrogen-bond acceptors (Lipinski definition) is 5. The molecule has 0 aliphatic rings. The number of thiophene rings is 1. The molecule has 2 N–H and O–H groups in total. The Morgan fingerprint density at radius 1 is 1.36 bits per heavy atom. The number of carbonyl (C=O) groups excluding carboxylic acids is 2. The van der Waals surface area contributed by atoms with E-state index in [9.17, 15) is 14.7 Å². The van der Waals surface area contributed by atoms with Crippen molar-refractivity contribution in [2.75, 3.05) is 6.61 Å². The smallest absolute Gasteiger partial charge is 0.342 e. The molecule has 0 unspecified atom stereocenters. The molecule has 5 nitrogen and oxygen atoms in total. The predicted octanol–water partition coefficient (Wildman–Crippen LogP) is 2.80. The number of esters is 1. The van der Waals surface area contributed by atoms with Gasteiger partial charge in [0, 0.05) is 4.88 Å². The molecule has 116 valence electrons. The van der Waals surface area contributed by atoms with Crippen molar-refractivity contribution in [1.29, 1.82) is 0 Å². The van der Waals surface area contributed by atoms with Gasteiger partial charge >= 0.3 is 5.97 Å². The second-order valence-corrected chi connectivity index (χ2v) is 5.88. The van der Waals surface area contributed by atoms with Crippen LogP contribution in [0.4, 0.5) is 0 Å². The summed E-state index contributed by atoms with van der Waals surface area (Å²) in [6, 6.07) is 8.32. The number of aryl methyl sites for hydroxylation is 1. The molecule has 0 spiro atoms. The van der Waals surface area contributed by atoms with Crippen LogP contribution in [0.3, 0.4) is 0 Å². The summed E-state index contributed by atoms with van der Waals surface area (Å²) in [7, 11) is 0. The van der Waals surface area contributed by atoms with Gasteiger partial charge in [0.25, 0.3) is 5.91 Å². The zero-order chi connectivity index (χ0) is 16.1. The fourth-order valence-electron chi connectivity index (χ4n) is 1.92. The summed E-state index contributed by atoms with van der Waals surface area (Å²) in [5.41, 5.74) is 0.876. The maximum atomic E-state index is 11.8. The Hall–Kier alpha value is -2.34. The van der Waals surface area contributed by atoms with E-state index >= 15 is 0 Å². The molecule has 0 radical (unpaired) electrons. The minimum Gasteiger partial charge on any atom is -0.507 e. The molecule has 0 bridgehead atoms. The van der Waals surface area contributed by atoms with Crippen LogP contribution in [0.15, 0.2) is 35.7 Å². The van der Waals surface area contributed by atoms with Crippen molar-refractivity contribution in [3.8, 4) is 5.75 Å². The van der Waals surface area contributed by atoms with E-state index in [1.807, 2.05) is 24.4 Å². The van der Waals surface area contributed by atoms with E-state index in [0.29, 0.717) is 0 Å². The molecule has 0 saturated carbocycles. The first kappa shape index (κ1) is 16.0. The summed E-state index contributed by atoms with van der Waals surface area (Å²) >= 11 is 1.54. The lowest BCUT2D eigenvalue weighted by Crippen LogP contribution is -2.30. The van der Waals surface area contributed by atoms with E-state index in [2.05, 4.69) is 5.32 Å². The first-order valence-electron chi connectivity index (χ1n) is 6.77. The Labute approximate surface area is 132 Å². The number of benzene rings is 1. The van der Waals surface area contributed by atoms with E-state index < -0.39 is 5.97 Å². The van der Waals surface area contributed by atoms with Crippen LogP contribution >= 0.6 is 11.3 Å². The zero-order valence-corrected chi connectivity index (χ0v) is 13.1. The van der Waals surface area contributed by atoms with Gasteiger partial charge < -0.3 is 15.2 Å². The predicted molar refractivity (Wildman–Crippen MR) is 84.0 cm³/mol. The molecule has 0 aliphatic carbocycles. The Bertz CT molecular complexity index is 667. The molecule has 2 rings (SSSR count). The number of phenols is 1. The zero-order valence-electron chi connectivity index (χ0n) is 12.3. The second kappa shape index (κ2) is 7.09. The number of amides is 1. The van der Waals surface area contributed by atoms with Crippen molar-refractivity contribution in [3.63, 3.8) is 0 Å². The Morgan fingerprint density at radius 3 is 2.77 bits per heavy atom. The average Bonchev–Trinajstić information content (AvgIpc) is 2.99. The quantitative estimate of drug-likeness (QED) is 0.831. The minimum absolute atomic E-state index is 0.0460. The molecule has 1 aromatic heterocycles. The molecule has 22 heavy (non-hydrogen) atoms. The van der Waals surface area contributed by atoms with Crippen LogP contribution in [0.2, 0.25) is 0 Å². The Morgan fingerprint density at radius 2 is 2.14 bits per heavy atom. The molecule has 1 amide bonds. The lowest BCUT2D eigenvalue weighted by Gasteiger charge is -2.12. The summed E-state index contributed by atoms with van der Waals surface area (Å²) in [6.07, 6.45) is 0. The van der Waals surface area contributed by atoms with Crippen molar-refractivity contribution < 1.29 is 19.4 Å². The van der Waals surface area contributed by atoms with Crippen molar-refractivity contribution in [3.05, 3.63) is 51.7 Å². The van der Waals surface area contributed by atoms with Gasteiger partial charge in [0.1, 0.15) is 11.3 Å². The maximum Gasteiger partial charge on any atom is 0.342 e. The number of rotatable bonds is 5. The molecular weight excluding hydrogens is 302 g/mol. The molecular formula is C16H17NO4S. The highest BCUT2D eigenvalue weighted by molar-refractivity contribution is 7.10. The molecule has 1 atom stereocenters. The minimum atomic E-state index is -0.726. The van der Waals surface area contributed by atoms with Crippen molar-refractivity contribution in [1.82, 2.24) is 5.32 Å². The number of hydrogen-bond donors (Lipinski definition) is 2. The van der Waals surface area contributed by atoms with Crippen LogP contribution in [0.5, 0.6) is 5.75 Å². The van der Waals surface area contributed by atoms with E-state index in [4.69, 9.17) is 4.74 Å². The highest BCUT2D eigenvalue weighted by atomic mass is 32.1. The van der Waals surface area contributed by atoms with E-state index in [1.54, 1.807) is 24.3 Å². The third-order valence-corrected chi connectivity index (χ3v) is 4.11. The standard InChI is InChI=1S/C16H17NO4S/c1-10-5-6-12(13(18)8-10)16(20)21-9-15(19)17-11(2)14-4-3-7-22-14/h3-8,11,18H,9H2,1-2H3,(H,17,19)/t11-/m1/s1. The van der Waals surface area contributed by atoms with Crippen LogP contribution in [0, 0.1) is 6.92 Å². The number of carbonyl (C=O) groups is 2. The number of nitrogens with one attached hydrogen (secondary N) is 1. The lowest BCUT2D eigenvalue weighted by molar-refractivity contribution is -0.124. The van der Waals surface area contributed by atoms with E-state index in [0.717, 1.165) is 10.4 Å². The topological polar surface area (TPSA) is 75.6 Å². The molecule has 6 heteroatoms. The van der Waals surface area contributed by atoms with E-state index in [1.165, 1.54) is 12.1 Å². The first-order chi connectivity index (χ1) is 10.5. The highest BCUT2D eigenvalue weighted by Crippen LogP contribution is 2.20. The fourth-order valence-corrected chi connectivity index (χ4v) is 2.65. The van der Waals surface area contributed by atoms with Crippen LogP contribution in [0.1, 0.15) is 33.8 Å². The maximum absolute atomic E-state index is 11.8. The molecule has 1 heterocycles. The summed E-state index contributed by atoms with van der Waals surface area (Å²) in [5, 5.41) is 14.4. The van der Waals surface area contributed by atoms with Gasteiger partial charge in [-0.05, 0) is 43.0 Å². The Kier molecular flexibility index (Phi) is 5.16. The monoisotopic (exact) mass is 319 g/mol. The van der Waals surface area contributed by atoms with Gasteiger partial charge in [-0.25, -0.2) is 4.79 Å². The third kappa shape index (κ3) is 4.08. The van der Waals surface area contributed by atoms with E-state index in [-0.39, 0.29) is 29.9 Å². The van der Waals surface area contributed by atoms with Gasteiger partial charge in [-0.3, -0.25) is 4.79 Å². The fraction of sp³-hybridized carbons (Fsp3) is 0.250. The SMILES string of the molecule is Cc1ccc(C(=O)OCC(=O)N[C@H](C)c2cccs2)c(O)c1. The van der Waals surface area contributed by atoms with Crippen LogP contribution in [0.25, 0.3) is 0 Å². The molecule has 2 aromatic rings. The van der Waals surface area contributed by atoms with Crippen molar-refractivity contribution in [2.24, 2.45) is 0 Å². The summed E-state index contributed by atoms with van der Waals surface area (Å²) in [4.78, 5) is 24.6. The van der Waals surface area contributed by atoms with Crippen molar-refractivity contribution >= 4 is 23.2 Å². The number of ether oxygens (including phenoxy) is 1. The molecule has 0 aliphatic heterocycles. The largest absolute Gasteiger partial charge is 0.507 e. The summed E-state index contributed by atoms with van der Waals surface area (Å²) in [6.45, 7) is 3.27.